The molecule has 1 saturated heterocycles. The molecule has 0 aromatic heterocycles. The summed E-state index contributed by atoms with van der Waals surface area (Å²) in [4.78, 5) is 8.58. The molecule has 1 aliphatic rings. The zero-order chi connectivity index (χ0) is 9.84. The molecule has 1 heterocycles. The van der Waals surface area contributed by atoms with Crippen molar-refractivity contribution in [2.45, 2.75) is 31.2 Å². The molecule has 1 fully saturated rings. The first-order valence-electron chi connectivity index (χ1n) is 4.29. The molecule has 13 heavy (non-hydrogen) atoms. The second kappa shape index (κ2) is 5.08. The molecule has 3 N–H and O–H groups in total. The van der Waals surface area contributed by atoms with Crippen LogP contribution in [0.3, 0.4) is 0 Å². The van der Waals surface area contributed by atoms with Crippen LogP contribution in [-0.2, 0) is 9.30 Å². The fourth-order valence-corrected chi connectivity index (χ4v) is 1.89. The van der Waals surface area contributed by atoms with Crippen molar-refractivity contribution in [3.8, 4) is 0 Å². The topological polar surface area (TPSA) is 87.0 Å². The van der Waals surface area contributed by atoms with E-state index in [2.05, 4.69) is 0 Å². The minimum Gasteiger partial charge on any atom is -0.390 e. The van der Waals surface area contributed by atoms with E-state index in [0.29, 0.717) is 12.8 Å². The molecular weight excluding hydrogens is 195 g/mol. The van der Waals surface area contributed by atoms with Gasteiger partial charge in [0.25, 0.3) is 0 Å². The summed E-state index contributed by atoms with van der Waals surface area (Å²) in [6.45, 7) is 0.109. The van der Waals surface area contributed by atoms with Crippen molar-refractivity contribution in [1.29, 1.82) is 0 Å². The Morgan fingerprint density at radius 2 is 2.08 bits per heavy atom. The van der Waals surface area contributed by atoms with E-state index in [4.69, 9.17) is 14.7 Å². The Bertz CT molecular complexity index is 186. The van der Waals surface area contributed by atoms with Crippen LogP contribution in [0, 0.1) is 0 Å². The molecular formula is C7H15O5P. The lowest BCUT2D eigenvalue weighted by Crippen LogP contribution is -2.41. The summed E-state index contributed by atoms with van der Waals surface area (Å²) in [6.07, 6.45) is -0.742. The van der Waals surface area contributed by atoms with Crippen molar-refractivity contribution >= 4 is 8.03 Å². The van der Waals surface area contributed by atoms with Gasteiger partial charge < -0.3 is 19.8 Å². The second-order valence-electron chi connectivity index (χ2n) is 3.26. The van der Waals surface area contributed by atoms with Gasteiger partial charge in [0.2, 0.25) is 0 Å². The maximum atomic E-state index is 10.4. The van der Waals surface area contributed by atoms with Crippen LogP contribution in [0.4, 0.5) is 0 Å². The van der Waals surface area contributed by atoms with E-state index >= 15 is 0 Å². The van der Waals surface area contributed by atoms with Gasteiger partial charge in [-0.3, -0.25) is 4.57 Å². The number of rotatable bonds is 3. The van der Waals surface area contributed by atoms with Gasteiger partial charge in [0, 0.05) is 12.6 Å². The molecule has 6 heteroatoms. The fourth-order valence-electron chi connectivity index (χ4n) is 1.33. The monoisotopic (exact) mass is 210 g/mol. The maximum Gasteiger partial charge on any atom is 0.189 e. The molecule has 1 rings (SSSR count). The van der Waals surface area contributed by atoms with Gasteiger partial charge in [0.15, 0.2) is 8.03 Å². The molecule has 4 atom stereocenters. The van der Waals surface area contributed by atoms with Gasteiger partial charge in [-0.05, 0) is 6.42 Å². The summed E-state index contributed by atoms with van der Waals surface area (Å²) in [5, 5.41) is 18.3. The molecule has 78 valence electrons. The van der Waals surface area contributed by atoms with Crippen LogP contribution in [0.25, 0.3) is 0 Å². The van der Waals surface area contributed by atoms with Crippen molar-refractivity contribution in [3.05, 3.63) is 0 Å². The Balaban J connectivity index is 2.25. The van der Waals surface area contributed by atoms with Gasteiger partial charge in [0.05, 0.1) is 18.8 Å². The van der Waals surface area contributed by atoms with Crippen molar-refractivity contribution in [2.75, 3.05) is 12.8 Å². The van der Waals surface area contributed by atoms with Crippen LogP contribution in [-0.4, -0.2) is 46.2 Å². The maximum absolute atomic E-state index is 10.4. The molecule has 0 aromatic carbocycles. The Morgan fingerprint density at radius 3 is 2.62 bits per heavy atom. The highest BCUT2D eigenvalue weighted by Crippen LogP contribution is 2.22. The standard InChI is InChI=1S/C7H15O5P/c8-6-3-5(1-2-13(10)11)12-4-7(6)9/h5-9,13H,1-4H2,(H,10,11)/t5-,6+,7-/m1/s1. The average molecular weight is 210 g/mol. The lowest BCUT2D eigenvalue weighted by Gasteiger charge is -2.30. The molecule has 0 aliphatic carbocycles. The molecule has 5 nitrogen and oxygen atoms in total. The molecule has 0 spiro atoms. The third-order valence-corrected chi connectivity index (χ3v) is 2.85. The molecule has 0 radical (unpaired) electrons. The lowest BCUT2D eigenvalue weighted by molar-refractivity contribution is -0.121. The summed E-state index contributed by atoms with van der Waals surface area (Å²) in [7, 11) is -2.44. The highest BCUT2D eigenvalue weighted by molar-refractivity contribution is 7.37. The third-order valence-electron chi connectivity index (χ3n) is 2.13. The SMILES string of the molecule is O=[PH](O)CC[C@@H]1C[C@H](O)[C@H](O)CO1. The summed E-state index contributed by atoms with van der Waals surface area (Å²) in [6, 6.07) is 0. The van der Waals surface area contributed by atoms with Crippen LogP contribution in [0.15, 0.2) is 0 Å². The van der Waals surface area contributed by atoms with Gasteiger partial charge in [-0.25, -0.2) is 0 Å². The van der Waals surface area contributed by atoms with Crippen molar-refractivity contribution in [2.24, 2.45) is 0 Å². The Hall–Kier alpha value is 0.0700. The number of hydrogen-bond acceptors (Lipinski definition) is 4. The quantitative estimate of drug-likeness (QED) is 0.539. The van der Waals surface area contributed by atoms with Crippen molar-refractivity contribution in [1.82, 2.24) is 0 Å². The number of hydrogen-bond donors (Lipinski definition) is 3. The minimum atomic E-state index is -2.44. The first-order chi connectivity index (χ1) is 6.09. The van der Waals surface area contributed by atoms with Crippen LogP contribution < -0.4 is 0 Å². The number of aliphatic hydroxyl groups is 2. The summed E-state index contributed by atoms with van der Waals surface area (Å²) in [5.74, 6) is 0. The Morgan fingerprint density at radius 1 is 1.38 bits per heavy atom. The predicted octanol–water partition coefficient (Wildman–Crippen LogP) is -0.646. The molecule has 0 saturated carbocycles. The van der Waals surface area contributed by atoms with Gasteiger partial charge in [-0.2, -0.15) is 0 Å². The van der Waals surface area contributed by atoms with E-state index in [0.717, 1.165) is 0 Å². The number of ether oxygens (including phenoxy) is 1. The van der Waals surface area contributed by atoms with Gasteiger partial charge >= 0.3 is 0 Å². The lowest BCUT2D eigenvalue weighted by atomic mass is 10.0. The molecule has 0 aromatic rings. The molecule has 0 bridgehead atoms. The highest BCUT2D eigenvalue weighted by Gasteiger charge is 2.27. The molecule has 0 amide bonds. The molecule has 1 aliphatic heterocycles. The van der Waals surface area contributed by atoms with Crippen LogP contribution in [0.2, 0.25) is 0 Å². The minimum absolute atomic E-state index is 0.109. The molecule has 1 unspecified atom stereocenters. The summed E-state index contributed by atoms with van der Waals surface area (Å²) < 4.78 is 15.6. The highest BCUT2D eigenvalue weighted by atomic mass is 31.1. The van der Waals surface area contributed by atoms with E-state index in [1.807, 2.05) is 0 Å². The van der Waals surface area contributed by atoms with Crippen LogP contribution in [0.5, 0.6) is 0 Å². The Kier molecular flexibility index (Phi) is 4.35. The van der Waals surface area contributed by atoms with E-state index < -0.39 is 20.2 Å². The first kappa shape index (κ1) is 11.1. The largest absolute Gasteiger partial charge is 0.390 e. The van der Waals surface area contributed by atoms with E-state index in [-0.39, 0.29) is 18.9 Å². The fraction of sp³-hybridized carbons (Fsp3) is 1.00. The predicted molar refractivity (Wildman–Crippen MR) is 47.1 cm³/mol. The van der Waals surface area contributed by atoms with E-state index in [1.54, 1.807) is 0 Å². The van der Waals surface area contributed by atoms with Crippen molar-refractivity contribution < 1.29 is 24.4 Å². The van der Waals surface area contributed by atoms with Gasteiger partial charge in [-0.15, -0.1) is 0 Å². The Labute approximate surface area is 77.2 Å². The van der Waals surface area contributed by atoms with Crippen LogP contribution in [0.1, 0.15) is 12.8 Å². The average Bonchev–Trinajstić information content (AvgIpc) is 2.07. The zero-order valence-electron chi connectivity index (χ0n) is 7.22. The third kappa shape index (κ3) is 3.75. The second-order valence-corrected chi connectivity index (χ2v) is 4.55. The van der Waals surface area contributed by atoms with Crippen molar-refractivity contribution in [3.63, 3.8) is 0 Å². The summed E-state index contributed by atoms with van der Waals surface area (Å²) >= 11 is 0. The number of aliphatic hydroxyl groups excluding tert-OH is 2. The zero-order valence-corrected chi connectivity index (χ0v) is 8.22. The van der Waals surface area contributed by atoms with Gasteiger partial charge in [-0.1, -0.05) is 0 Å². The summed E-state index contributed by atoms with van der Waals surface area (Å²) in [5.41, 5.74) is 0. The first-order valence-corrected chi connectivity index (χ1v) is 5.85. The van der Waals surface area contributed by atoms with Gasteiger partial charge in [0.1, 0.15) is 6.10 Å². The van der Waals surface area contributed by atoms with Crippen LogP contribution >= 0.6 is 8.03 Å². The van der Waals surface area contributed by atoms with E-state index in [1.165, 1.54) is 0 Å². The normalized spacial score (nSPS) is 37.3. The smallest absolute Gasteiger partial charge is 0.189 e. The van der Waals surface area contributed by atoms with E-state index in [9.17, 15) is 9.67 Å².